The zero-order valence-corrected chi connectivity index (χ0v) is 12.3. The molecule has 23 heavy (non-hydrogen) atoms. The van der Waals surface area contributed by atoms with Gasteiger partial charge in [0.05, 0.1) is 5.69 Å². The lowest BCUT2D eigenvalue weighted by atomic mass is 10.4. The number of aryl methyl sites for hydroxylation is 1. The fourth-order valence-corrected chi connectivity index (χ4v) is 1.72. The number of hydrogen-bond acceptors (Lipinski definition) is 5. The fourth-order valence-electron chi connectivity index (χ4n) is 1.72. The molecule has 0 bridgehead atoms. The van der Waals surface area contributed by atoms with Crippen LogP contribution in [-0.2, 0) is 4.79 Å². The Hall–Kier alpha value is -2.65. The van der Waals surface area contributed by atoms with E-state index in [4.69, 9.17) is 0 Å². The minimum atomic E-state index is -4.50. The highest BCUT2D eigenvalue weighted by atomic mass is 19.4. The van der Waals surface area contributed by atoms with Crippen molar-refractivity contribution < 1.29 is 18.0 Å². The molecule has 0 radical (unpaired) electrons. The van der Waals surface area contributed by atoms with Crippen LogP contribution in [0.5, 0.6) is 0 Å². The summed E-state index contributed by atoms with van der Waals surface area (Å²) in [5.41, 5.74) is 0.851. The highest BCUT2D eigenvalue weighted by Crippen LogP contribution is 2.18. The SMILES string of the molecule is Cc1ccn(-c2ccc(NCCNC(=O)CC(F)(F)F)nn2)n1. The molecule has 2 heterocycles. The highest BCUT2D eigenvalue weighted by Gasteiger charge is 2.30. The number of nitrogens with zero attached hydrogens (tertiary/aromatic N) is 4. The number of carbonyl (C=O) groups is 1. The van der Waals surface area contributed by atoms with Gasteiger partial charge in [-0.05, 0) is 25.1 Å². The summed E-state index contributed by atoms with van der Waals surface area (Å²) >= 11 is 0. The molecule has 1 amide bonds. The molecule has 0 spiro atoms. The number of alkyl halides is 3. The quantitative estimate of drug-likeness (QED) is 0.784. The molecule has 124 valence electrons. The number of halogens is 3. The van der Waals surface area contributed by atoms with Gasteiger partial charge in [0.15, 0.2) is 5.82 Å². The summed E-state index contributed by atoms with van der Waals surface area (Å²) < 4.78 is 37.4. The Morgan fingerprint density at radius 1 is 1.22 bits per heavy atom. The number of hydrogen-bond donors (Lipinski definition) is 2. The van der Waals surface area contributed by atoms with Crippen molar-refractivity contribution in [1.82, 2.24) is 25.3 Å². The van der Waals surface area contributed by atoms with E-state index in [2.05, 4.69) is 25.9 Å². The Morgan fingerprint density at radius 3 is 2.57 bits per heavy atom. The number of anilines is 1. The maximum atomic E-state index is 12.0. The van der Waals surface area contributed by atoms with E-state index in [0.29, 0.717) is 11.6 Å². The number of aromatic nitrogens is 4. The minimum absolute atomic E-state index is 0.0523. The molecule has 0 saturated carbocycles. The van der Waals surface area contributed by atoms with E-state index in [1.807, 2.05) is 13.0 Å². The van der Waals surface area contributed by atoms with Gasteiger partial charge in [0.1, 0.15) is 12.2 Å². The van der Waals surface area contributed by atoms with Crippen LogP contribution in [0.1, 0.15) is 12.1 Å². The third kappa shape index (κ3) is 5.57. The lowest BCUT2D eigenvalue weighted by molar-refractivity contribution is -0.153. The van der Waals surface area contributed by atoms with E-state index < -0.39 is 18.5 Å². The Kier molecular flexibility index (Phi) is 5.14. The average molecular weight is 328 g/mol. The maximum absolute atomic E-state index is 12.0. The number of nitrogens with one attached hydrogen (secondary N) is 2. The summed E-state index contributed by atoms with van der Waals surface area (Å²) in [6, 6.07) is 5.19. The molecule has 2 N–H and O–H groups in total. The lowest BCUT2D eigenvalue weighted by Crippen LogP contribution is -2.32. The van der Waals surface area contributed by atoms with Crippen molar-refractivity contribution in [2.24, 2.45) is 0 Å². The topological polar surface area (TPSA) is 84.7 Å². The third-order valence-corrected chi connectivity index (χ3v) is 2.72. The monoisotopic (exact) mass is 328 g/mol. The van der Waals surface area contributed by atoms with Gasteiger partial charge in [-0.25, -0.2) is 4.68 Å². The Balaban J connectivity index is 1.75. The predicted octanol–water partition coefficient (Wildman–Crippen LogP) is 1.45. The van der Waals surface area contributed by atoms with Gasteiger partial charge in [-0.3, -0.25) is 4.79 Å². The van der Waals surface area contributed by atoms with Crippen molar-refractivity contribution in [3.8, 4) is 5.82 Å². The van der Waals surface area contributed by atoms with Crippen LogP contribution < -0.4 is 10.6 Å². The van der Waals surface area contributed by atoms with E-state index in [0.717, 1.165) is 5.69 Å². The smallest absolute Gasteiger partial charge is 0.367 e. The largest absolute Gasteiger partial charge is 0.397 e. The minimum Gasteiger partial charge on any atom is -0.367 e. The van der Waals surface area contributed by atoms with Gasteiger partial charge in [-0.1, -0.05) is 0 Å². The van der Waals surface area contributed by atoms with Crippen LogP contribution in [0.15, 0.2) is 24.4 Å². The fraction of sp³-hybridized carbons (Fsp3) is 0.385. The summed E-state index contributed by atoms with van der Waals surface area (Å²) in [5, 5.41) is 17.1. The van der Waals surface area contributed by atoms with Crippen LogP contribution in [0.4, 0.5) is 19.0 Å². The number of amides is 1. The summed E-state index contributed by atoms with van der Waals surface area (Å²) in [7, 11) is 0. The van der Waals surface area contributed by atoms with E-state index in [9.17, 15) is 18.0 Å². The van der Waals surface area contributed by atoms with Crippen molar-refractivity contribution in [2.45, 2.75) is 19.5 Å². The van der Waals surface area contributed by atoms with E-state index in [-0.39, 0.29) is 13.1 Å². The molecule has 0 aliphatic carbocycles. The van der Waals surface area contributed by atoms with Crippen molar-refractivity contribution in [1.29, 1.82) is 0 Å². The molecule has 7 nitrogen and oxygen atoms in total. The van der Waals surface area contributed by atoms with Crippen molar-refractivity contribution in [3.05, 3.63) is 30.1 Å². The molecule has 2 rings (SSSR count). The molecular formula is C13H15F3N6O. The first-order valence-corrected chi connectivity index (χ1v) is 6.77. The maximum Gasteiger partial charge on any atom is 0.397 e. The molecule has 10 heteroatoms. The normalized spacial score (nSPS) is 11.3. The average Bonchev–Trinajstić information content (AvgIpc) is 2.89. The van der Waals surface area contributed by atoms with Gasteiger partial charge in [-0.15, -0.1) is 10.2 Å². The second-order valence-corrected chi connectivity index (χ2v) is 4.75. The van der Waals surface area contributed by atoms with Gasteiger partial charge in [-0.2, -0.15) is 18.3 Å². The molecule has 0 atom stereocenters. The standard InChI is InChI=1S/C13H15F3N6O/c1-9-4-7-22(21-9)11-3-2-10(19-20-11)17-5-6-18-12(23)8-13(14,15)16/h2-4,7H,5-6,8H2,1H3,(H,17,19)(H,18,23). The van der Waals surface area contributed by atoms with E-state index >= 15 is 0 Å². The van der Waals surface area contributed by atoms with Gasteiger partial charge >= 0.3 is 6.18 Å². The molecule has 2 aromatic rings. The summed E-state index contributed by atoms with van der Waals surface area (Å²) in [6.07, 6.45) is -4.23. The Labute approximate surface area is 129 Å². The second kappa shape index (κ2) is 7.07. The van der Waals surface area contributed by atoms with Crippen LogP contribution in [0.2, 0.25) is 0 Å². The predicted molar refractivity (Wildman–Crippen MR) is 76.1 cm³/mol. The van der Waals surface area contributed by atoms with Gasteiger partial charge in [0.25, 0.3) is 0 Å². The molecule has 2 aromatic heterocycles. The van der Waals surface area contributed by atoms with Gasteiger partial charge in [0, 0.05) is 19.3 Å². The molecule has 0 aliphatic heterocycles. The van der Waals surface area contributed by atoms with E-state index in [1.165, 1.54) is 0 Å². The second-order valence-electron chi connectivity index (χ2n) is 4.75. The summed E-state index contributed by atoms with van der Waals surface area (Å²) in [6.45, 7) is 2.14. The van der Waals surface area contributed by atoms with Crippen molar-refractivity contribution in [3.63, 3.8) is 0 Å². The third-order valence-electron chi connectivity index (χ3n) is 2.72. The molecule has 0 fully saturated rings. The van der Waals surface area contributed by atoms with Crippen LogP contribution in [-0.4, -0.2) is 45.2 Å². The van der Waals surface area contributed by atoms with Crippen LogP contribution in [0, 0.1) is 6.92 Å². The Bertz CT molecular complexity index is 652. The summed E-state index contributed by atoms with van der Waals surface area (Å²) in [4.78, 5) is 11.0. The number of rotatable bonds is 6. The molecule has 0 unspecified atom stereocenters. The zero-order valence-electron chi connectivity index (χ0n) is 12.3. The first-order valence-electron chi connectivity index (χ1n) is 6.77. The molecule has 0 aromatic carbocycles. The number of carbonyl (C=O) groups excluding carboxylic acids is 1. The first-order chi connectivity index (χ1) is 10.8. The summed E-state index contributed by atoms with van der Waals surface area (Å²) in [5.74, 6) is -0.0698. The van der Waals surface area contributed by atoms with E-state index in [1.54, 1.807) is 23.0 Å². The zero-order chi connectivity index (χ0) is 16.9. The van der Waals surface area contributed by atoms with Gasteiger partial charge in [0.2, 0.25) is 5.91 Å². The highest BCUT2D eigenvalue weighted by molar-refractivity contribution is 5.76. The van der Waals surface area contributed by atoms with Crippen molar-refractivity contribution >= 4 is 11.7 Å². The van der Waals surface area contributed by atoms with Crippen LogP contribution in [0.3, 0.4) is 0 Å². The molecule has 0 aliphatic rings. The molecular weight excluding hydrogens is 313 g/mol. The Morgan fingerprint density at radius 2 is 2.00 bits per heavy atom. The first kappa shape index (κ1) is 16.7. The lowest BCUT2D eigenvalue weighted by Gasteiger charge is -2.09. The van der Waals surface area contributed by atoms with Crippen LogP contribution in [0.25, 0.3) is 5.82 Å². The van der Waals surface area contributed by atoms with Crippen LogP contribution >= 0.6 is 0 Å². The van der Waals surface area contributed by atoms with Crippen molar-refractivity contribution in [2.75, 3.05) is 18.4 Å². The molecule has 0 saturated heterocycles. The van der Waals surface area contributed by atoms with Gasteiger partial charge < -0.3 is 10.6 Å².